The molecule has 5 aromatic rings. The lowest BCUT2D eigenvalue weighted by Crippen LogP contribution is -2.22. The SMILES string of the molecule is O=C(NCc1cn(-c2ccccc2)nc1-c1ccc(F)cc1)c1ccc2nc[nH]c2c1. The van der Waals surface area contributed by atoms with Crippen LogP contribution in [-0.2, 0) is 6.54 Å². The number of imidazole rings is 1. The maximum absolute atomic E-state index is 13.4. The van der Waals surface area contributed by atoms with Gasteiger partial charge in [0.05, 0.1) is 28.7 Å². The third-order valence-corrected chi connectivity index (χ3v) is 5.05. The Bertz CT molecular complexity index is 1360. The van der Waals surface area contributed by atoms with Gasteiger partial charge in [0.2, 0.25) is 0 Å². The van der Waals surface area contributed by atoms with Gasteiger partial charge in [0, 0.05) is 29.4 Å². The van der Waals surface area contributed by atoms with E-state index in [0.29, 0.717) is 11.3 Å². The number of hydrogen-bond acceptors (Lipinski definition) is 3. The fourth-order valence-corrected chi connectivity index (χ4v) is 3.46. The Morgan fingerprint density at radius 2 is 1.84 bits per heavy atom. The fraction of sp³-hybridized carbons (Fsp3) is 0.0417. The van der Waals surface area contributed by atoms with Gasteiger partial charge in [-0.15, -0.1) is 0 Å². The largest absolute Gasteiger partial charge is 0.348 e. The number of H-pyrrole nitrogens is 1. The second kappa shape index (κ2) is 7.87. The molecular weight excluding hydrogens is 393 g/mol. The Hall–Kier alpha value is -4.26. The molecular formula is C24H18FN5O. The molecule has 0 radical (unpaired) electrons. The van der Waals surface area contributed by atoms with Crippen LogP contribution in [0.5, 0.6) is 0 Å². The third-order valence-electron chi connectivity index (χ3n) is 5.05. The average molecular weight is 411 g/mol. The van der Waals surface area contributed by atoms with Crippen molar-refractivity contribution in [1.29, 1.82) is 0 Å². The number of para-hydroxylation sites is 1. The number of nitrogens with zero attached hydrogens (tertiary/aromatic N) is 3. The molecule has 0 aliphatic heterocycles. The topological polar surface area (TPSA) is 75.6 Å². The van der Waals surface area contributed by atoms with Crippen molar-refractivity contribution in [2.24, 2.45) is 0 Å². The standard InChI is InChI=1S/C24H18FN5O/c25-19-9-6-16(7-10-19)23-18(14-30(29-23)20-4-2-1-3-5-20)13-26-24(31)17-8-11-21-22(12-17)28-15-27-21/h1-12,14-15H,13H2,(H,26,31)(H,27,28). The number of aromatic amines is 1. The first-order chi connectivity index (χ1) is 15.2. The van der Waals surface area contributed by atoms with E-state index in [-0.39, 0.29) is 18.3 Å². The zero-order valence-corrected chi connectivity index (χ0v) is 16.4. The van der Waals surface area contributed by atoms with Crippen molar-refractivity contribution in [2.75, 3.05) is 0 Å². The molecule has 1 amide bonds. The Morgan fingerprint density at radius 1 is 1.03 bits per heavy atom. The molecule has 0 unspecified atom stereocenters. The molecule has 0 aliphatic rings. The Balaban J connectivity index is 1.44. The zero-order valence-electron chi connectivity index (χ0n) is 16.4. The summed E-state index contributed by atoms with van der Waals surface area (Å²) in [4.78, 5) is 19.9. The lowest BCUT2D eigenvalue weighted by atomic mass is 10.1. The van der Waals surface area contributed by atoms with Gasteiger partial charge in [0.1, 0.15) is 5.82 Å². The number of nitrogens with one attached hydrogen (secondary N) is 2. The highest BCUT2D eigenvalue weighted by molar-refractivity contribution is 5.97. The zero-order chi connectivity index (χ0) is 21.2. The molecule has 0 atom stereocenters. The molecule has 2 heterocycles. The van der Waals surface area contributed by atoms with Gasteiger partial charge in [-0.25, -0.2) is 14.1 Å². The van der Waals surface area contributed by atoms with Gasteiger partial charge in [-0.05, 0) is 54.6 Å². The first-order valence-electron chi connectivity index (χ1n) is 9.78. The Morgan fingerprint density at radius 3 is 2.65 bits per heavy atom. The summed E-state index contributed by atoms with van der Waals surface area (Å²) in [6.45, 7) is 0.277. The van der Waals surface area contributed by atoms with Crippen LogP contribution in [0.15, 0.2) is 85.3 Å². The molecule has 3 aromatic carbocycles. The van der Waals surface area contributed by atoms with Crippen LogP contribution in [0.4, 0.5) is 4.39 Å². The second-order valence-electron chi connectivity index (χ2n) is 7.11. The predicted molar refractivity (Wildman–Crippen MR) is 116 cm³/mol. The van der Waals surface area contributed by atoms with Gasteiger partial charge in [0.25, 0.3) is 5.91 Å². The van der Waals surface area contributed by atoms with E-state index in [0.717, 1.165) is 27.8 Å². The van der Waals surface area contributed by atoms with Crippen LogP contribution >= 0.6 is 0 Å². The van der Waals surface area contributed by atoms with Gasteiger partial charge >= 0.3 is 0 Å². The number of aromatic nitrogens is 4. The summed E-state index contributed by atoms with van der Waals surface area (Å²) in [5.41, 5.74) is 5.33. The second-order valence-corrected chi connectivity index (χ2v) is 7.11. The number of fused-ring (bicyclic) bond motifs is 1. The molecule has 0 aliphatic carbocycles. The molecule has 0 spiro atoms. The van der Waals surface area contributed by atoms with Crippen LogP contribution in [-0.4, -0.2) is 25.7 Å². The maximum Gasteiger partial charge on any atom is 0.251 e. The molecule has 5 rings (SSSR count). The molecule has 152 valence electrons. The highest BCUT2D eigenvalue weighted by atomic mass is 19.1. The summed E-state index contributed by atoms with van der Waals surface area (Å²) >= 11 is 0. The lowest BCUT2D eigenvalue weighted by molar-refractivity contribution is 0.0951. The van der Waals surface area contributed by atoms with Crippen LogP contribution in [0.3, 0.4) is 0 Å². The van der Waals surface area contributed by atoms with Gasteiger partial charge < -0.3 is 10.3 Å². The quantitative estimate of drug-likeness (QED) is 0.448. The molecule has 6 nitrogen and oxygen atoms in total. The minimum Gasteiger partial charge on any atom is -0.348 e. The summed E-state index contributed by atoms with van der Waals surface area (Å²) in [5, 5.41) is 7.65. The maximum atomic E-state index is 13.4. The third kappa shape index (κ3) is 3.81. The van der Waals surface area contributed by atoms with Gasteiger partial charge in [-0.3, -0.25) is 4.79 Å². The molecule has 2 N–H and O–H groups in total. The van der Waals surface area contributed by atoms with Crippen molar-refractivity contribution in [3.8, 4) is 16.9 Å². The first kappa shape index (κ1) is 18.7. The Kier molecular flexibility index (Phi) is 4.76. The monoisotopic (exact) mass is 411 g/mol. The molecule has 0 fully saturated rings. The summed E-state index contributed by atoms with van der Waals surface area (Å²) in [7, 11) is 0. The van der Waals surface area contributed by atoms with Crippen molar-refractivity contribution >= 4 is 16.9 Å². The number of carbonyl (C=O) groups excluding carboxylic acids is 1. The van der Waals surface area contributed by atoms with Gasteiger partial charge in [0.15, 0.2) is 0 Å². The van der Waals surface area contributed by atoms with Crippen molar-refractivity contribution < 1.29 is 9.18 Å². The Labute approximate surface area is 177 Å². The minimum absolute atomic E-state index is 0.200. The molecule has 0 bridgehead atoms. The van der Waals surface area contributed by atoms with E-state index in [4.69, 9.17) is 5.10 Å². The fourth-order valence-electron chi connectivity index (χ4n) is 3.46. The van der Waals surface area contributed by atoms with Crippen molar-refractivity contribution in [2.45, 2.75) is 6.54 Å². The van der Waals surface area contributed by atoms with Crippen molar-refractivity contribution in [3.63, 3.8) is 0 Å². The van der Waals surface area contributed by atoms with E-state index in [1.54, 1.807) is 41.3 Å². The van der Waals surface area contributed by atoms with E-state index >= 15 is 0 Å². The number of hydrogen-bond donors (Lipinski definition) is 2. The number of carbonyl (C=O) groups is 1. The van der Waals surface area contributed by atoms with E-state index in [2.05, 4.69) is 15.3 Å². The van der Waals surface area contributed by atoms with Crippen LogP contribution < -0.4 is 5.32 Å². The van der Waals surface area contributed by atoms with E-state index in [1.807, 2.05) is 36.5 Å². The van der Waals surface area contributed by atoms with Crippen molar-refractivity contribution in [1.82, 2.24) is 25.1 Å². The molecule has 2 aromatic heterocycles. The molecule has 7 heteroatoms. The average Bonchev–Trinajstić information content (AvgIpc) is 3.45. The normalized spacial score (nSPS) is 11.0. The number of benzene rings is 3. The molecule has 0 saturated carbocycles. The van der Waals surface area contributed by atoms with Crippen molar-refractivity contribution in [3.05, 3.63) is 102 Å². The van der Waals surface area contributed by atoms with E-state index in [9.17, 15) is 9.18 Å². The van der Waals surface area contributed by atoms with Crippen LogP contribution in [0, 0.1) is 5.82 Å². The van der Waals surface area contributed by atoms with E-state index in [1.165, 1.54) is 12.1 Å². The summed E-state index contributed by atoms with van der Waals surface area (Å²) in [5.74, 6) is -0.510. The smallest absolute Gasteiger partial charge is 0.251 e. The van der Waals surface area contributed by atoms with Crippen LogP contribution in [0.1, 0.15) is 15.9 Å². The number of halogens is 1. The van der Waals surface area contributed by atoms with E-state index < -0.39 is 0 Å². The summed E-state index contributed by atoms with van der Waals surface area (Å²) in [6.07, 6.45) is 3.48. The first-order valence-corrected chi connectivity index (χ1v) is 9.78. The minimum atomic E-state index is -0.310. The molecule has 31 heavy (non-hydrogen) atoms. The van der Waals surface area contributed by atoms with Gasteiger partial charge in [-0.2, -0.15) is 5.10 Å². The number of amides is 1. The highest BCUT2D eigenvalue weighted by Crippen LogP contribution is 2.24. The lowest BCUT2D eigenvalue weighted by Gasteiger charge is -2.06. The van der Waals surface area contributed by atoms with Gasteiger partial charge in [-0.1, -0.05) is 18.2 Å². The summed E-state index contributed by atoms with van der Waals surface area (Å²) < 4.78 is 15.2. The number of rotatable bonds is 5. The predicted octanol–water partition coefficient (Wildman–Crippen LogP) is 4.48. The van der Waals surface area contributed by atoms with Crippen LogP contribution in [0.25, 0.3) is 28.0 Å². The van der Waals surface area contributed by atoms with Crippen LogP contribution in [0.2, 0.25) is 0 Å². The molecule has 0 saturated heterocycles. The summed E-state index contributed by atoms with van der Waals surface area (Å²) in [6, 6.07) is 21.2. The highest BCUT2D eigenvalue weighted by Gasteiger charge is 2.14.